The van der Waals surface area contributed by atoms with E-state index in [-0.39, 0.29) is 48.8 Å². The second-order valence-electron chi connectivity index (χ2n) is 9.91. The van der Waals surface area contributed by atoms with Crippen molar-refractivity contribution < 1.29 is 58.6 Å². The van der Waals surface area contributed by atoms with Gasteiger partial charge in [-0.3, -0.25) is 24.9 Å². The van der Waals surface area contributed by atoms with Gasteiger partial charge in [-0.15, -0.1) is 0 Å². The van der Waals surface area contributed by atoms with E-state index in [9.17, 15) is 38.5 Å². The minimum atomic E-state index is -1.24. The molecule has 0 spiro atoms. The van der Waals surface area contributed by atoms with E-state index in [1.807, 2.05) is 60.7 Å². The van der Waals surface area contributed by atoms with Gasteiger partial charge >= 0.3 is 20.1 Å². The van der Waals surface area contributed by atoms with Crippen molar-refractivity contribution in [3.05, 3.63) is 199 Å². The van der Waals surface area contributed by atoms with E-state index >= 15 is 0 Å². The average Bonchev–Trinajstić information content (AvgIpc) is 3.21. The van der Waals surface area contributed by atoms with E-state index in [4.69, 9.17) is 0 Å². The van der Waals surface area contributed by atoms with Gasteiger partial charge in [0, 0.05) is 42.1 Å². The van der Waals surface area contributed by atoms with Crippen molar-refractivity contribution in [3.8, 4) is 22.5 Å². The third-order valence-corrected chi connectivity index (χ3v) is 6.23. The molecule has 5 aromatic heterocycles. The smallest absolute Gasteiger partial charge is 0.543 e. The van der Waals surface area contributed by atoms with Crippen molar-refractivity contribution in [2.75, 3.05) is 0 Å². The molecular formula is C40H28F2IrN5O6. The quantitative estimate of drug-likeness (QED) is 0.242. The number of aromatic nitrogens is 5. The van der Waals surface area contributed by atoms with Gasteiger partial charge in [0.1, 0.15) is 23.0 Å². The predicted molar refractivity (Wildman–Crippen MR) is 185 cm³/mol. The van der Waals surface area contributed by atoms with Crippen molar-refractivity contribution in [2.24, 2.45) is 0 Å². The first-order chi connectivity index (χ1) is 25.7. The Balaban J connectivity index is 0.000000235. The Morgan fingerprint density at radius 3 is 0.870 bits per heavy atom. The Labute approximate surface area is 322 Å². The van der Waals surface area contributed by atoms with Crippen LogP contribution in [0.15, 0.2) is 171 Å². The Bertz CT molecular complexity index is 1940. The number of nitrogens with zero attached hydrogens (tertiary/aromatic N) is 5. The third kappa shape index (κ3) is 15.6. The van der Waals surface area contributed by atoms with Crippen LogP contribution in [0.5, 0.6) is 0 Å². The fourth-order valence-electron chi connectivity index (χ4n) is 3.84. The van der Waals surface area contributed by atoms with Gasteiger partial charge in [0.2, 0.25) is 0 Å². The summed E-state index contributed by atoms with van der Waals surface area (Å²) in [4.78, 5) is 48.6. The minimum absolute atomic E-state index is 0. The molecule has 0 atom stereocenters. The molecular weight excluding hydrogens is 877 g/mol. The number of carbonyl (C=O) groups is 3. The van der Waals surface area contributed by atoms with Crippen molar-refractivity contribution in [1.29, 1.82) is 0 Å². The van der Waals surface area contributed by atoms with E-state index in [0.717, 1.165) is 11.1 Å². The summed E-state index contributed by atoms with van der Waals surface area (Å²) in [6, 6.07) is 38.5. The molecule has 0 saturated heterocycles. The van der Waals surface area contributed by atoms with Crippen LogP contribution in [-0.2, 0) is 20.1 Å². The molecule has 2 aromatic carbocycles. The normalized spacial score (nSPS) is 9.22. The van der Waals surface area contributed by atoms with Gasteiger partial charge in [0.25, 0.3) is 0 Å². The van der Waals surface area contributed by atoms with Crippen LogP contribution >= 0.6 is 0 Å². The number of pyridine rings is 5. The molecule has 54 heavy (non-hydrogen) atoms. The number of carboxylic acids is 3. The molecule has 0 radical (unpaired) electrons. The fourth-order valence-corrected chi connectivity index (χ4v) is 3.84. The van der Waals surface area contributed by atoms with Crippen LogP contribution in [0.2, 0.25) is 0 Å². The molecule has 5 heterocycles. The second kappa shape index (κ2) is 24.3. The number of hydrogen-bond donors (Lipinski definition) is 0. The predicted octanol–water partition coefficient (Wildman–Crippen LogP) is 4.11. The standard InChI is InChI=1S/2C11H8FN.3C6H5NO2.Ir/c2*12-10-7-4-8-13-11(10)9-5-2-1-3-6-9;3*8-6(9)5-3-1-2-4-7-5;/h2*1-8H;3*1-4H,(H,8,9);/q;;;;;+3/p-3. The van der Waals surface area contributed by atoms with Gasteiger partial charge in [-0.2, -0.15) is 0 Å². The van der Waals surface area contributed by atoms with Gasteiger partial charge in [-0.1, -0.05) is 78.9 Å². The number of hydrogen-bond acceptors (Lipinski definition) is 11. The second-order valence-corrected chi connectivity index (χ2v) is 9.91. The number of benzene rings is 2. The topological polar surface area (TPSA) is 185 Å². The molecule has 0 saturated carbocycles. The Kier molecular flexibility index (Phi) is 19.5. The first kappa shape index (κ1) is 43.3. The SMILES string of the molecule is Fc1cccnc1-c1ccccc1.Fc1cccnc1-c1ccccc1.O=C([O-])c1ccccn1.O=C([O-])c1ccccn1.O=C([O-])c1ccccn1.[Ir+3]. The molecule has 7 rings (SSSR count). The monoisotopic (exact) mass is 905 g/mol. The molecule has 11 nitrogen and oxygen atoms in total. The van der Waals surface area contributed by atoms with E-state index in [1.54, 1.807) is 60.9 Å². The zero-order valence-corrected chi connectivity index (χ0v) is 30.3. The van der Waals surface area contributed by atoms with Gasteiger partial charge in [0.05, 0.1) is 35.0 Å². The molecule has 0 N–H and O–H groups in total. The molecule has 0 bridgehead atoms. The van der Waals surface area contributed by atoms with E-state index < -0.39 is 17.9 Å². The fraction of sp³-hybridized carbons (Fsp3) is 0. The van der Waals surface area contributed by atoms with Gasteiger partial charge < -0.3 is 29.7 Å². The van der Waals surface area contributed by atoms with Crippen molar-refractivity contribution in [2.45, 2.75) is 0 Å². The van der Waals surface area contributed by atoms with Gasteiger partial charge in [-0.05, 0) is 60.7 Å². The average molecular weight is 905 g/mol. The van der Waals surface area contributed by atoms with Crippen molar-refractivity contribution >= 4 is 17.9 Å². The van der Waals surface area contributed by atoms with E-state index in [2.05, 4.69) is 24.9 Å². The van der Waals surface area contributed by atoms with Crippen molar-refractivity contribution in [1.82, 2.24) is 24.9 Å². The Hall–Kier alpha value is -6.89. The van der Waals surface area contributed by atoms with E-state index in [1.165, 1.54) is 48.9 Å². The Morgan fingerprint density at radius 2 is 0.648 bits per heavy atom. The molecule has 14 heteroatoms. The molecule has 0 aliphatic heterocycles. The van der Waals surface area contributed by atoms with Crippen LogP contribution in [0.1, 0.15) is 31.5 Å². The van der Waals surface area contributed by atoms with E-state index in [0.29, 0.717) is 11.4 Å². The van der Waals surface area contributed by atoms with Crippen LogP contribution in [-0.4, -0.2) is 42.8 Å². The van der Waals surface area contributed by atoms with Gasteiger partial charge in [-0.25, -0.2) is 8.78 Å². The molecule has 0 aliphatic carbocycles. The summed E-state index contributed by atoms with van der Waals surface area (Å²) in [6.07, 6.45) is 7.40. The van der Waals surface area contributed by atoms with Crippen LogP contribution in [0.3, 0.4) is 0 Å². The summed E-state index contributed by atoms with van der Waals surface area (Å²) < 4.78 is 26.4. The third-order valence-electron chi connectivity index (χ3n) is 6.23. The summed E-state index contributed by atoms with van der Waals surface area (Å²) in [5, 5.41) is 30.1. The summed E-state index contributed by atoms with van der Waals surface area (Å²) in [6.45, 7) is 0. The van der Waals surface area contributed by atoms with Gasteiger partial charge in [0.15, 0.2) is 0 Å². The molecule has 0 unspecified atom stereocenters. The Morgan fingerprint density at radius 1 is 0.370 bits per heavy atom. The first-order valence-corrected chi connectivity index (χ1v) is 15.4. The first-order valence-electron chi connectivity index (χ1n) is 15.4. The number of carbonyl (C=O) groups excluding carboxylic acids is 3. The molecule has 7 aromatic rings. The summed E-state index contributed by atoms with van der Waals surface area (Å²) >= 11 is 0. The van der Waals surface area contributed by atoms with Crippen LogP contribution in [0, 0.1) is 11.6 Å². The largest absolute Gasteiger partial charge is 3.00 e. The maximum Gasteiger partial charge on any atom is 3.00 e. The summed E-state index contributed by atoms with van der Waals surface area (Å²) in [5.41, 5.74) is 2.33. The number of carboxylic acid groups (broad SMARTS) is 3. The van der Waals surface area contributed by atoms with Crippen LogP contribution < -0.4 is 15.3 Å². The van der Waals surface area contributed by atoms with Crippen LogP contribution in [0.25, 0.3) is 22.5 Å². The zero-order chi connectivity index (χ0) is 38.3. The number of aromatic carboxylic acids is 3. The molecule has 0 fully saturated rings. The maximum atomic E-state index is 13.2. The van der Waals surface area contributed by atoms with Crippen molar-refractivity contribution in [3.63, 3.8) is 0 Å². The zero-order valence-electron chi connectivity index (χ0n) is 27.9. The maximum absolute atomic E-state index is 13.2. The number of rotatable bonds is 5. The minimum Gasteiger partial charge on any atom is -0.543 e. The van der Waals surface area contributed by atoms with Crippen LogP contribution in [0.4, 0.5) is 8.78 Å². The molecule has 272 valence electrons. The molecule has 0 aliphatic rings. The summed E-state index contributed by atoms with van der Waals surface area (Å²) in [7, 11) is 0. The summed E-state index contributed by atoms with van der Waals surface area (Å²) in [5.74, 6) is -4.29. The number of halogens is 2. The molecule has 0 amide bonds.